The van der Waals surface area contributed by atoms with Crippen LogP contribution in [0, 0.1) is 27.4 Å². The molecule has 0 radical (unpaired) electrons. The van der Waals surface area contributed by atoms with E-state index in [4.69, 9.17) is 16.9 Å². The van der Waals surface area contributed by atoms with E-state index in [2.05, 4.69) is 0 Å². The van der Waals surface area contributed by atoms with Gasteiger partial charge in [0.1, 0.15) is 0 Å². The number of nitriles is 1. The van der Waals surface area contributed by atoms with Crippen LogP contribution >= 0.6 is 11.6 Å². The number of piperidine rings is 1. The van der Waals surface area contributed by atoms with Crippen molar-refractivity contribution in [2.75, 3.05) is 13.1 Å². The van der Waals surface area contributed by atoms with Crippen molar-refractivity contribution in [3.05, 3.63) is 33.3 Å². The van der Waals surface area contributed by atoms with Crippen molar-refractivity contribution in [1.29, 1.82) is 5.26 Å². The van der Waals surface area contributed by atoms with Gasteiger partial charge in [-0.05, 0) is 25.0 Å². The Hall–Kier alpha value is -1.69. The van der Waals surface area contributed by atoms with E-state index in [0.29, 0.717) is 12.8 Å². The third-order valence-electron chi connectivity index (χ3n) is 3.30. The largest absolute Gasteiger partial charge is 0.290 e. The van der Waals surface area contributed by atoms with Gasteiger partial charge in [0.15, 0.2) is 4.90 Å². The Morgan fingerprint density at radius 3 is 2.81 bits per heavy atom. The van der Waals surface area contributed by atoms with E-state index >= 15 is 0 Å². The van der Waals surface area contributed by atoms with E-state index in [1.54, 1.807) is 0 Å². The van der Waals surface area contributed by atoms with Gasteiger partial charge in [0.05, 0.1) is 16.9 Å². The Balaban J connectivity index is 2.45. The Bertz CT molecular complexity index is 714. The molecule has 1 aromatic rings. The maximum Gasteiger partial charge on any atom is 0.290 e. The van der Waals surface area contributed by atoms with E-state index in [1.165, 1.54) is 6.07 Å². The van der Waals surface area contributed by atoms with Crippen molar-refractivity contribution < 1.29 is 13.3 Å². The molecule has 1 atom stereocenters. The zero-order valence-electron chi connectivity index (χ0n) is 10.9. The van der Waals surface area contributed by atoms with Crippen LogP contribution in [0.2, 0.25) is 5.02 Å². The van der Waals surface area contributed by atoms with Crippen molar-refractivity contribution >= 4 is 27.3 Å². The summed E-state index contributed by atoms with van der Waals surface area (Å²) in [5.41, 5.74) is -0.554. The quantitative estimate of drug-likeness (QED) is 0.624. The lowest BCUT2D eigenvalue weighted by Crippen LogP contribution is -2.39. The standard InChI is InChI=1S/C12H12ClN3O4S/c13-10-3-4-12(11(6-10)16(17)18)21(19,20)15-5-1-2-9(7-14)8-15/h3-4,6,9H,1-2,5,8H2. The van der Waals surface area contributed by atoms with Crippen molar-refractivity contribution in [3.8, 4) is 6.07 Å². The molecule has 1 aliphatic heterocycles. The molecule has 0 aromatic heterocycles. The van der Waals surface area contributed by atoms with Crippen LogP contribution in [0.3, 0.4) is 0 Å². The summed E-state index contributed by atoms with van der Waals surface area (Å²) in [5.74, 6) is -0.389. The number of nitrogens with zero attached hydrogens (tertiary/aromatic N) is 3. The van der Waals surface area contributed by atoms with Gasteiger partial charge < -0.3 is 0 Å². The zero-order valence-corrected chi connectivity index (χ0v) is 12.5. The lowest BCUT2D eigenvalue weighted by atomic mass is 10.0. The van der Waals surface area contributed by atoms with Crippen LogP contribution in [0.25, 0.3) is 0 Å². The second kappa shape index (κ2) is 5.97. The molecular weight excluding hydrogens is 318 g/mol. The van der Waals surface area contributed by atoms with E-state index in [-0.39, 0.29) is 24.0 Å². The van der Waals surface area contributed by atoms with Gasteiger partial charge in [-0.3, -0.25) is 10.1 Å². The molecule has 9 heteroatoms. The molecule has 1 heterocycles. The van der Waals surface area contributed by atoms with Gasteiger partial charge in [0.2, 0.25) is 10.0 Å². The molecule has 1 saturated heterocycles. The molecule has 0 N–H and O–H groups in total. The number of hydrogen-bond acceptors (Lipinski definition) is 5. The van der Waals surface area contributed by atoms with Crippen LogP contribution < -0.4 is 0 Å². The summed E-state index contributed by atoms with van der Waals surface area (Å²) < 4.78 is 26.2. The average Bonchev–Trinajstić information content (AvgIpc) is 2.46. The summed E-state index contributed by atoms with van der Waals surface area (Å²) in [7, 11) is -4.02. The van der Waals surface area contributed by atoms with Gasteiger partial charge in [-0.15, -0.1) is 0 Å². The fourth-order valence-electron chi connectivity index (χ4n) is 2.26. The van der Waals surface area contributed by atoms with Crippen molar-refractivity contribution in [2.24, 2.45) is 5.92 Å². The summed E-state index contributed by atoms with van der Waals surface area (Å²) in [6.45, 7) is 0.304. The molecule has 0 bridgehead atoms. The number of hydrogen-bond donors (Lipinski definition) is 0. The van der Waals surface area contributed by atoms with Gasteiger partial charge in [-0.2, -0.15) is 9.57 Å². The third kappa shape index (κ3) is 3.15. The third-order valence-corrected chi connectivity index (χ3v) is 5.45. The number of benzene rings is 1. The van der Waals surface area contributed by atoms with Crippen molar-refractivity contribution in [1.82, 2.24) is 4.31 Å². The van der Waals surface area contributed by atoms with Crippen molar-refractivity contribution in [2.45, 2.75) is 17.7 Å². The number of sulfonamides is 1. The van der Waals surface area contributed by atoms with Crippen molar-refractivity contribution in [3.63, 3.8) is 0 Å². The van der Waals surface area contributed by atoms with Crippen LogP contribution in [-0.2, 0) is 10.0 Å². The maximum atomic E-state index is 12.6. The van der Waals surface area contributed by atoms with Gasteiger partial charge in [-0.1, -0.05) is 11.6 Å². The highest BCUT2D eigenvalue weighted by atomic mass is 35.5. The smallest absolute Gasteiger partial charge is 0.258 e. The molecule has 7 nitrogen and oxygen atoms in total. The summed E-state index contributed by atoms with van der Waals surface area (Å²) in [6.07, 6.45) is 1.18. The first-order chi connectivity index (χ1) is 9.86. The minimum atomic E-state index is -4.02. The Morgan fingerprint density at radius 1 is 1.48 bits per heavy atom. The van der Waals surface area contributed by atoms with E-state index < -0.39 is 25.5 Å². The SMILES string of the molecule is N#CC1CCCN(S(=O)(=O)c2ccc(Cl)cc2[N+](=O)[O-])C1. The Morgan fingerprint density at radius 2 is 2.19 bits per heavy atom. The first-order valence-electron chi connectivity index (χ1n) is 6.20. The van der Waals surface area contributed by atoms with E-state index in [0.717, 1.165) is 16.4 Å². The van der Waals surface area contributed by atoms with Crippen LogP contribution in [0.15, 0.2) is 23.1 Å². The lowest BCUT2D eigenvalue weighted by Gasteiger charge is -2.28. The highest BCUT2D eigenvalue weighted by molar-refractivity contribution is 7.89. The predicted octanol–water partition coefficient (Wildman–Crippen LogP) is 2.17. The molecule has 2 rings (SSSR count). The molecule has 21 heavy (non-hydrogen) atoms. The predicted molar refractivity (Wildman–Crippen MR) is 75.2 cm³/mol. The molecule has 0 aliphatic carbocycles. The fourth-order valence-corrected chi connectivity index (χ4v) is 4.08. The van der Waals surface area contributed by atoms with Crippen LogP contribution in [0.4, 0.5) is 5.69 Å². The molecule has 1 fully saturated rings. The first-order valence-corrected chi connectivity index (χ1v) is 8.02. The summed E-state index contributed by atoms with van der Waals surface area (Å²) in [5, 5.41) is 20.1. The molecule has 0 spiro atoms. The van der Waals surface area contributed by atoms with Gasteiger partial charge in [-0.25, -0.2) is 8.42 Å². The summed E-state index contributed by atoms with van der Waals surface area (Å²) in [4.78, 5) is 9.87. The number of halogens is 1. The Labute approximate surface area is 126 Å². The van der Waals surface area contributed by atoms with Gasteiger partial charge in [0.25, 0.3) is 5.69 Å². The highest BCUT2D eigenvalue weighted by Gasteiger charge is 2.34. The molecule has 1 aliphatic rings. The number of rotatable bonds is 3. The van der Waals surface area contributed by atoms with Crippen LogP contribution in [-0.4, -0.2) is 30.7 Å². The molecule has 1 aromatic carbocycles. The summed E-state index contributed by atoms with van der Waals surface area (Å²) in [6, 6.07) is 5.49. The monoisotopic (exact) mass is 329 g/mol. The lowest BCUT2D eigenvalue weighted by molar-refractivity contribution is -0.387. The first kappa shape index (κ1) is 15.7. The molecule has 112 valence electrons. The minimum Gasteiger partial charge on any atom is -0.258 e. The zero-order chi connectivity index (χ0) is 15.6. The number of nitro benzene ring substituents is 1. The number of nitro groups is 1. The average molecular weight is 330 g/mol. The van der Waals surface area contributed by atoms with E-state index in [9.17, 15) is 18.5 Å². The van der Waals surface area contributed by atoms with E-state index in [1.807, 2.05) is 6.07 Å². The molecule has 0 amide bonds. The maximum absolute atomic E-state index is 12.6. The van der Waals surface area contributed by atoms with Crippen LogP contribution in [0.1, 0.15) is 12.8 Å². The summed E-state index contributed by atoms with van der Waals surface area (Å²) >= 11 is 5.69. The molecular formula is C12H12ClN3O4S. The topological polar surface area (TPSA) is 104 Å². The highest BCUT2D eigenvalue weighted by Crippen LogP contribution is 2.31. The second-order valence-corrected chi connectivity index (χ2v) is 7.04. The Kier molecular flexibility index (Phi) is 4.46. The van der Waals surface area contributed by atoms with Crippen LogP contribution in [0.5, 0.6) is 0 Å². The minimum absolute atomic E-state index is 0.0542. The molecule has 0 saturated carbocycles. The van der Waals surface area contributed by atoms with Gasteiger partial charge in [0, 0.05) is 24.2 Å². The molecule has 1 unspecified atom stereocenters. The fraction of sp³-hybridized carbons (Fsp3) is 0.417. The van der Waals surface area contributed by atoms with Gasteiger partial charge >= 0.3 is 0 Å². The normalized spacial score (nSPS) is 19.9. The second-order valence-electron chi connectivity index (χ2n) is 4.70.